The lowest BCUT2D eigenvalue weighted by atomic mass is 10.2. The molecule has 1 amide bonds. The van der Waals surface area contributed by atoms with Crippen LogP contribution in [0.5, 0.6) is 0 Å². The average Bonchev–Trinajstić information content (AvgIpc) is 3.22. The molecule has 6 heteroatoms. The summed E-state index contributed by atoms with van der Waals surface area (Å²) in [5.41, 5.74) is 6.56. The van der Waals surface area contributed by atoms with E-state index in [2.05, 4.69) is 5.32 Å². The van der Waals surface area contributed by atoms with Crippen LogP contribution in [0, 0.1) is 5.92 Å². The number of hydrogen-bond acceptors (Lipinski definition) is 4. The maximum atomic E-state index is 12.2. The first-order chi connectivity index (χ1) is 10.1. The number of benzene rings is 1. The minimum atomic E-state index is -0.153. The quantitative estimate of drug-likeness (QED) is 0.801. The van der Waals surface area contributed by atoms with Crippen LogP contribution in [0.15, 0.2) is 18.2 Å². The molecule has 0 spiro atoms. The van der Waals surface area contributed by atoms with E-state index in [1.165, 1.54) is 24.2 Å². The molecule has 0 bridgehead atoms. The van der Waals surface area contributed by atoms with Crippen molar-refractivity contribution in [2.24, 2.45) is 5.92 Å². The number of hydrogen-bond donors (Lipinski definition) is 2. The lowest BCUT2D eigenvalue weighted by Crippen LogP contribution is -2.27. The number of rotatable bonds is 6. The van der Waals surface area contributed by atoms with Crippen LogP contribution < -0.4 is 11.1 Å². The van der Waals surface area contributed by atoms with Gasteiger partial charge in [0.25, 0.3) is 5.91 Å². The second kappa shape index (κ2) is 6.22. The summed E-state index contributed by atoms with van der Waals surface area (Å²) in [6.07, 6.45) is 2.54. The van der Waals surface area contributed by atoms with E-state index in [4.69, 9.17) is 22.1 Å². The number of nitrogens with one attached hydrogen (secondary N) is 1. The molecule has 3 rings (SSSR count). The number of ether oxygens (including phenoxy) is 1. The topological polar surface area (TPSA) is 64.4 Å². The molecular formula is C15H17ClN2O2S. The number of nitrogens with two attached hydrogens (primary N) is 1. The molecule has 0 atom stereocenters. The molecule has 1 aromatic heterocycles. The summed E-state index contributed by atoms with van der Waals surface area (Å²) >= 11 is 7.32. The fourth-order valence-corrected chi connectivity index (χ4v) is 3.43. The minimum absolute atomic E-state index is 0.153. The first-order valence-electron chi connectivity index (χ1n) is 6.98. The van der Waals surface area contributed by atoms with Crippen LogP contribution in [-0.2, 0) is 4.74 Å². The Morgan fingerprint density at radius 1 is 1.48 bits per heavy atom. The van der Waals surface area contributed by atoms with Crippen LogP contribution in [0.4, 0.5) is 5.69 Å². The largest absolute Gasteiger partial charge is 0.397 e. The van der Waals surface area contributed by atoms with Crippen LogP contribution in [-0.4, -0.2) is 25.7 Å². The van der Waals surface area contributed by atoms with E-state index in [0.717, 1.165) is 22.6 Å². The van der Waals surface area contributed by atoms with E-state index in [1.54, 1.807) is 6.07 Å². The van der Waals surface area contributed by atoms with Gasteiger partial charge in [0.1, 0.15) is 4.88 Å². The molecule has 21 heavy (non-hydrogen) atoms. The summed E-state index contributed by atoms with van der Waals surface area (Å²) < 4.78 is 6.41. The predicted octanol–water partition coefficient (Wildman–Crippen LogP) is 3.29. The predicted molar refractivity (Wildman–Crippen MR) is 87.1 cm³/mol. The normalized spacial score (nSPS) is 14.5. The first-order valence-corrected chi connectivity index (χ1v) is 8.18. The molecule has 1 heterocycles. The lowest BCUT2D eigenvalue weighted by molar-refractivity contribution is 0.0911. The summed E-state index contributed by atoms with van der Waals surface area (Å²) in [5, 5.41) is 4.36. The van der Waals surface area contributed by atoms with Gasteiger partial charge in [-0.25, -0.2) is 0 Å². The van der Waals surface area contributed by atoms with E-state index in [1.807, 2.05) is 12.1 Å². The third-order valence-electron chi connectivity index (χ3n) is 3.48. The summed E-state index contributed by atoms with van der Waals surface area (Å²) in [6.45, 7) is 1.85. The SMILES string of the molecule is Nc1c(C(=O)NCCOCC2CC2)sc2cc(Cl)ccc12. The third kappa shape index (κ3) is 3.48. The van der Waals surface area contributed by atoms with E-state index in [-0.39, 0.29) is 5.91 Å². The van der Waals surface area contributed by atoms with Crippen molar-refractivity contribution in [3.05, 3.63) is 28.1 Å². The monoisotopic (exact) mass is 324 g/mol. The van der Waals surface area contributed by atoms with E-state index in [9.17, 15) is 4.79 Å². The van der Waals surface area contributed by atoms with Gasteiger partial charge in [-0.05, 0) is 37.0 Å². The van der Waals surface area contributed by atoms with Crippen molar-refractivity contribution >= 4 is 44.6 Å². The molecule has 3 N–H and O–H groups in total. The highest BCUT2D eigenvalue weighted by molar-refractivity contribution is 7.21. The summed E-state index contributed by atoms with van der Waals surface area (Å²) in [5.74, 6) is 0.587. The summed E-state index contributed by atoms with van der Waals surface area (Å²) in [4.78, 5) is 12.7. The number of anilines is 1. The van der Waals surface area contributed by atoms with E-state index >= 15 is 0 Å². The number of halogens is 1. The number of fused-ring (bicyclic) bond motifs is 1. The van der Waals surface area contributed by atoms with Crippen molar-refractivity contribution in [3.63, 3.8) is 0 Å². The highest BCUT2D eigenvalue weighted by Gasteiger charge is 2.21. The lowest BCUT2D eigenvalue weighted by Gasteiger charge is -2.05. The molecule has 0 unspecified atom stereocenters. The highest BCUT2D eigenvalue weighted by atomic mass is 35.5. The zero-order valence-corrected chi connectivity index (χ0v) is 13.1. The molecule has 1 aliphatic rings. The third-order valence-corrected chi connectivity index (χ3v) is 4.88. The molecule has 112 valence electrons. The molecule has 0 saturated heterocycles. The highest BCUT2D eigenvalue weighted by Crippen LogP contribution is 2.35. The Bertz CT molecular complexity index is 667. The average molecular weight is 325 g/mol. The Morgan fingerprint density at radius 3 is 3.05 bits per heavy atom. The standard InChI is InChI=1S/C15H17ClN2O2S/c16-10-3-4-11-12(7-10)21-14(13(11)17)15(19)18-5-6-20-8-9-1-2-9/h3-4,7,9H,1-2,5-6,8,17H2,(H,18,19). The van der Waals surface area contributed by atoms with Crippen LogP contribution in [0.1, 0.15) is 22.5 Å². The minimum Gasteiger partial charge on any atom is -0.397 e. The number of thiophene rings is 1. The molecule has 2 aromatic rings. The molecule has 1 saturated carbocycles. The van der Waals surface area contributed by atoms with E-state index < -0.39 is 0 Å². The van der Waals surface area contributed by atoms with Gasteiger partial charge in [0, 0.05) is 28.3 Å². The molecule has 1 aromatic carbocycles. The zero-order valence-electron chi connectivity index (χ0n) is 11.5. The fourth-order valence-electron chi connectivity index (χ4n) is 2.11. The smallest absolute Gasteiger partial charge is 0.263 e. The Kier molecular flexibility index (Phi) is 4.33. The van der Waals surface area contributed by atoms with Crippen molar-refractivity contribution in [1.82, 2.24) is 5.32 Å². The van der Waals surface area contributed by atoms with Crippen LogP contribution in [0.3, 0.4) is 0 Å². The Balaban J connectivity index is 1.59. The van der Waals surface area contributed by atoms with Crippen molar-refractivity contribution < 1.29 is 9.53 Å². The Labute approximate surface area is 132 Å². The van der Waals surface area contributed by atoms with Crippen molar-refractivity contribution in [1.29, 1.82) is 0 Å². The van der Waals surface area contributed by atoms with Gasteiger partial charge in [-0.2, -0.15) is 0 Å². The Morgan fingerprint density at radius 2 is 2.29 bits per heavy atom. The molecular weight excluding hydrogens is 308 g/mol. The molecule has 4 nitrogen and oxygen atoms in total. The van der Waals surface area contributed by atoms with Gasteiger partial charge in [-0.1, -0.05) is 11.6 Å². The van der Waals surface area contributed by atoms with Gasteiger partial charge >= 0.3 is 0 Å². The maximum absolute atomic E-state index is 12.2. The molecule has 0 radical (unpaired) electrons. The number of carbonyl (C=O) groups excluding carboxylic acids is 1. The van der Waals surface area contributed by atoms with Gasteiger partial charge in [0.2, 0.25) is 0 Å². The number of carbonyl (C=O) groups is 1. The molecule has 1 fully saturated rings. The number of nitrogen functional groups attached to an aromatic ring is 1. The zero-order chi connectivity index (χ0) is 14.8. The van der Waals surface area contributed by atoms with Crippen molar-refractivity contribution in [2.45, 2.75) is 12.8 Å². The van der Waals surface area contributed by atoms with Crippen molar-refractivity contribution in [2.75, 3.05) is 25.5 Å². The number of amides is 1. The van der Waals surface area contributed by atoms with Gasteiger partial charge in [0.05, 0.1) is 12.3 Å². The Hall–Kier alpha value is -1.30. The van der Waals surface area contributed by atoms with E-state index in [0.29, 0.717) is 28.7 Å². The van der Waals surface area contributed by atoms with Gasteiger partial charge in [0.15, 0.2) is 0 Å². The first kappa shape index (κ1) is 14.6. The summed E-state index contributed by atoms with van der Waals surface area (Å²) in [7, 11) is 0. The molecule has 1 aliphatic carbocycles. The molecule has 0 aliphatic heterocycles. The second-order valence-electron chi connectivity index (χ2n) is 5.26. The maximum Gasteiger partial charge on any atom is 0.263 e. The van der Waals surface area contributed by atoms with Crippen molar-refractivity contribution in [3.8, 4) is 0 Å². The second-order valence-corrected chi connectivity index (χ2v) is 6.75. The van der Waals surface area contributed by atoms with Gasteiger partial charge in [-0.15, -0.1) is 11.3 Å². The summed E-state index contributed by atoms with van der Waals surface area (Å²) in [6, 6.07) is 5.45. The van der Waals surface area contributed by atoms with Crippen LogP contribution in [0.2, 0.25) is 5.02 Å². The fraction of sp³-hybridized carbons (Fsp3) is 0.400. The van der Waals surface area contributed by atoms with Gasteiger partial charge in [-0.3, -0.25) is 4.79 Å². The van der Waals surface area contributed by atoms with Crippen LogP contribution >= 0.6 is 22.9 Å². The van der Waals surface area contributed by atoms with Crippen LogP contribution in [0.25, 0.3) is 10.1 Å². The van der Waals surface area contributed by atoms with Gasteiger partial charge < -0.3 is 15.8 Å².